The molecule has 0 aliphatic carbocycles. The molecule has 0 saturated carbocycles. The van der Waals surface area contributed by atoms with Crippen molar-refractivity contribution < 1.29 is 9.53 Å². The fourth-order valence-corrected chi connectivity index (χ4v) is 2.76. The highest BCUT2D eigenvalue weighted by Crippen LogP contribution is 2.27. The van der Waals surface area contributed by atoms with Crippen LogP contribution in [-0.2, 0) is 0 Å². The van der Waals surface area contributed by atoms with Crippen LogP contribution >= 0.6 is 11.3 Å². The van der Waals surface area contributed by atoms with Gasteiger partial charge in [0.25, 0.3) is 5.91 Å². The van der Waals surface area contributed by atoms with Crippen LogP contribution in [0, 0.1) is 0 Å². The highest BCUT2D eigenvalue weighted by Gasteiger charge is 2.07. The summed E-state index contributed by atoms with van der Waals surface area (Å²) in [5.74, 6) is 0.688. The number of benzene rings is 2. The first-order chi connectivity index (χ1) is 11.3. The first-order valence-corrected chi connectivity index (χ1v) is 7.99. The van der Waals surface area contributed by atoms with E-state index in [1.54, 1.807) is 13.2 Å². The number of nitrogens with one attached hydrogen (secondary N) is 2. The second-order valence-corrected chi connectivity index (χ2v) is 5.78. The molecule has 3 rings (SSSR count). The lowest BCUT2D eigenvalue weighted by Gasteiger charge is -2.11. The van der Waals surface area contributed by atoms with Gasteiger partial charge in [-0.3, -0.25) is 4.79 Å². The van der Waals surface area contributed by atoms with Gasteiger partial charge >= 0.3 is 0 Å². The van der Waals surface area contributed by atoms with Crippen molar-refractivity contribution in [3.8, 4) is 5.75 Å². The molecule has 5 heteroatoms. The van der Waals surface area contributed by atoms with Gasteiger partial charge in [0.2, 0.25) is 0 Å². The summed E-state index contributed by atoms with van der Waals surface area (Å²) < 4.78 is 5.32. The Kier molecular flexibility index (Phi) is 4.59. The summed E-state index contributed by atoms with van der Waals surface area (Å²) in [6.45, 7) is 0. The van der Waals surface area contributed by atoms with Crippen LogP contribution in [-0.4, -0.2) is 13.0 Å². The van der Waals surface area contributed by atoms with E-state index in [4.69, 9.17) is 4.74 Å². The van der Waals surface area contributed by atoms with Gasteiger partial charge in [0, 0.05) is 11.4 Å². The van der Waals surface area contributed by atoms with E-state index in [-0.39, 0.29) is 5.91 Å². The van der Waals surface area contributed by atoms with Crippen molar-refractivity contribution in [1.29, 1.82) is 0 Å². The molecule has 1 aromatic heterocycles. The Morgan fingerprint density at radius 2 is 1.70 bits per heavy atom. The van der Waals surface area contributed by atoms with Crippen molar-refractivity contribution in [2.45, 2.75) is 0 Å². The van der Waals surface area contributed by atoms with Gasteiger partial charge in [-0.2, -0.15) is 0 Å². The minimum atomic E-state index is -0.0922. The second-order valence-electron chi connectivity index (χ2n) is 4.83. The van der Waals surface area contributed by atoms with E-state index >= 15 is 0 Å². The van der Waals surface area contributed by atoms with Crippen LogP contribution in [0.3, 0.4) is 0 Å². The number of hydrogen-bond donors (Lipinski definition) is 2. The maximum absolute atomic E-state index is 12.0. The van der Waals surface area contributed by atoms with E-state index < -0.39 is 0 Å². The first-order valence-electron chi connectivity index (χ1n) is 7.11. The molecule has 2 N–H and O–H groups in total. The molecule has 23 heavy (non-hydrogen) atoms. The van der Waals surface area contributed by atoms with Gasteiger partial charge in [-0.1, -0.05) is 18.2 Å². The molecule has 0 bridgehead atoms. The van der Waals surface area contributed by atoms with Crippen LogP contribution in [0.1, 0.15) is 9.67 Å². The maximum Gasteiger partial charge on any atom is 0.265 e. The molecule has 0 spiro atoms. The molecule has 4 nitrogen and oxygen atoms in total. The smallest absolute Gasteiger partial charge is 0.265 e. The van der Waals surface area contributed by atoms with Crippen molar-refractivity contribution >= 4 is 34.3 Å². The number of carbonyl (C=O) groups excluding carboxylic acids is 1. The van der Waals surface area contributed by atoms with Crippen LogP contribution in [0.2, 0.25) is 0 Å². The molecule has 0 fully saturated rings. The fourth-order valence-electron chi connectivity index (χ4n) is 2.14. The number of anilines is 3. The van der Waals surface area contributed by atoms with Crippen LogP contribution in [0.5, 0.6) is 5.75 Å². The summed E-state index contributed by atoms with van der Waals surface area (Å²) in [4.78, 5) is 12.7. The highest BCUT2D eigenvalue weighted by atomic mass is 32.1. The van der Waals surface area contributed by atoms with Crippen molar-refractivity contribution in [3.05, 3.63) is 70.9 Å². The first kappa shape index (κ1) is 15.1. The van der Waals surface area contributed by atoms with E-state index in [0.29, 0.717) is 4.88 Å². The molecule has 0 aliphatic heterocycles. The van der Waals surface area contributed by atoms with Gasteiger partial charge in [-0.15, -0.1) is 11.3 Å². The van der Waals surface area contributed by atoms with Crippen molar-refractivity contribution in [2.75, 3.05) is 17.7 Å². The zero-order valence-electron chi connectivity index (χ0n) is 12.6. The number of thiophene rings is 1. The Hall–Kier alpha value is -2.79. The Labute approximate surface area is 138 Å². The lowest BCUT2D eigenvalue weighted by molar-refractivity contribution is 0.103. The maximum atomic E-state index is 12.0. The third-order valence-electron chi connectivity index (χ3n) is 3.27. The molecular weight excluding hydrogens is 308 g/mol. The SMILES string of the molecule is COc1ccccc1Nc1ccc(NC(=O)c2cccs2)cc1. The standard InChI is InChI=1S/C18H16N2O2S/c1-22-16-6-3-2-5-15(16)19-13-8-10-14(11-9-13)20-18(21)17-7-4-12-23-17/h2-12,19H,1H3,(H,20,21). The average Bonchev–Trinajstić information content (AvgIpc) is 3.12. The van der Waals surface area contributed by atoms with Gasteiger partial charge in [0.15, 0.2) is 0 Å². The summed E-state index contributed by atoms with van der Waals surface area (Å²) in [5, 5.41) is 8.06. The zero-order chi connectivity index (χ0) is 16.1. The summed E-state index contributed by atoms with van der Waals surface area (Å²) in [6.07, 6.45) is 0. The van der Waals surface area contributed by atoms with Crippen molar-refractivity contribution in [3.63, 3.8) is 0 Å². The summed E-state index contributed by atoms with van der Waals surface area (Å²) >= 11 is 1.42. The summed E-state index contributed by atoms with van der Waals surface area (Å²) in [6, 6.07) is 18.9. The van der Waals surface area contributed by atoms with E-state index in [2.05, 4.69) is 10.6 Å². The monoisotopic (exact) mass is 324 g/mol. The number of carbonyl (C=O) groups is 1. The minimum absolute atomic E-state index is 0.0922. The fraction of sp³-hybridized carbons (Fsp3) is 0.0556. The predicted octanol–water partition coefficient (Wildman–Crippen LogP) is 4.75. The number of amides is 1. The Bertz CT molecular complexity index is 783. The number of methoxy groups -OCH3 is 1. The number of ether oxygens (including phenoxy) is 1. The van der Waals surface area contributed by atoms with E-state index in [1.807, 2.05) is 60.0 Å². The third kappa shape index (κ3) is 3.70. The molecule has 0 radical (unpaired) electrons. The van der Waals surface area contributed by atoms with Gasteiger partial charge in [0.1, 0.15) is 5.75 Å². The van der Waals surface area contributed by atoms with E-state index in [9.17, 15) is 4.79 Å². The molecule has 1 heterocycles. The lowest BCUT2D eigenvalue weighted by Crippen LogP contribution is -2.09. The quantitative estimate of drug-likeness (QED) is 0.712. The highest BCUT2D eigenvalue weighted by molar-refractivity contribution is 7.12. The van der Waals surface area contributed by atoms with Crippen LogP contribution in [0.15, 0.2) is 66.0 Å². The summed E-state index contributed by atoms with van der Waals surface area (Å²) in [7, 11) is 1.64. The lowest BCUT2D eigenvalue weighted by atomic mass is 10.2. The van der Waals surface area contributed by atoms with Gasteiger partial charge in [-0.05, 0) is 47.8 Å². The van der Waals surface area contributed by atoms with Gasteiger partial charge < -0.3 is 15.4 Å². The average molecular weight is 324 g/mol. The Morgan fingerprint density at radius 3 is 2.39 bits per heavy atom. The molecule has 0 saturated heterocycles. The Morgan fingerprint density at radius 1 is 0.957 bits per heavy atom. The topological polar surface area (TPSA) is 50.4 Å². The van der Waals surface area contributed by atoms with Crippen molar-refractivity contribution in [2.24, 2.45) is 0 Å². The number of hydrogen-bond acceptors (Lipinski definition) is 4. The summed E-state index contributed by atoms with van der Waals surface area (Å²) in [5.41, 5.74) is 2.57. The van der Waals surface area contributed by atoms with Crippen molar-refractivity contribution in [1.82, 2.24) is 0 Å². The normalized spacial score (nSPS) is 10.1. The molecular formula is C18H16N2O2S. The van der Waals surface area contributed by atoms with Crippen LogP contribution < -0.4 is 15.4 Å². The predicted molar refractivity (Wildman–Crippen MR) is 95.0 cm³/mol. The molecule has 0 unspecified atom stereocenters. The molecule has 116 valence electrons. The second kappa shape index (κ2) is 6.98. The molecule has 0 atom stereocenters. The van der Waals surface area contributed by atoms with Gasteiger partial charge in [-0.25, -0.2) is 0 Å². The number of rotatable bonds is 5. The molecule has 2 aromatic carbocycles. The molecule has 0 aliphatic rings. The molecule has 1 amide bonds. The number of para-hydroxylation sites is 2. The third-order valence-corrected chi connectivity index (χ3v) is 4.14. The van der Waals surface area contributed by atoms with Crippen LogP contribution in [0.4, 0.5) is 17.1 Å². The minimum Gasteiger partial charge on any atom is -0.495 e. The van der Waals surface area contributed by atoms with E-state index in [1.165, 1.54) is 11.3 Å². The Balaban J connectivity index is 1.68. The zero-order valence-corrected chi connectivity index (χ0v) is 13.4. The van der Waals surface area contributed by atoms with Gasteiger partial charge in [0.05, 0.1) is 17.7 Å². The molecule has 3 aromatic rings. The largest absolute Gasteiger partial charge is 0.495 e. The van der Waals surface area contributed by atoms with E-state index in [0.717, 1.165) is 22.8 Å². The van der Waals surface area contributed by atoms with Crippen LogP contribution in [0.25, 0.3) is 0 Å².